The van der Waals surface area contributed by atoms with Crippen molar-refractivity contribution in [2.24, 2.45) is 0 Å². The molecule has 0 amide bonds. The average molecular weight is 264 g/mol. The molecule has 0 spiro atoms. The molecule has 0 saturated carbocycles. The molecular formula is C9H11BrFNO2. The Morgan fingerprint density at radius 2 is 2.07 bits per heavy atom. The Bertz CT molecular complexity index is 318. The first-order valence-corrected chi connectivity index (χ1v) is 5.26. The molecule has 0 radical (unpaired) electrons. The van der Waals surface area contributed by atoms with Crippen molar-refractivity contribution in [3.8, 4) is 0 Å². The zero-order valence-electron chi connectivity index (χ0n) is 7.96. The van der Waals surface area contributed by atoms with Crippen molar-refractivity contribution in [3.05, 3.63) is 39.7 Å². The number of halogens is 2. The standard InChI is InChI=1S/C7H5BrFNO2.C2H6/c8-4-5-1-2-6(9)7(3-5)10(11)12;1-2/h1-3H,4H2;1-2H3. The second-order valence-corrected chi connectivity index (χ2v) is 2.74. The van der Waals surface area contributed by atoms with E-state index in [1.807, 2.05) is 13.8 Å². The quantitative estimate of drug-likeness (QED) is 0.464. The van der Waals surface area contributed by atoms with Gasteiger partial charge in [0.15, 0.2) is 0 Å². The molecular weight excluding hydrogens is 253 g/mol. The van der Waals surface area contributed by atoms with Crippen LogP contribution in [0.25, 0.3) is 0 Å². The molecule has 0 N–H and O–H groups in total. The third-order valence-corrected chi connectivity index (χ3v) is 2.01. The molecule has 14 heavy (non-hydrogen) atoms. The summed E-state index contributed by atoms with van der Waals surface area (Å²) >= 11 is 3.12. The zero-order valence-corrected chi connectivity index (χ0v) is 9.54. The van der Waals surface area contributed by atoms with Crippen LogP contribution < -0.4 is 0 Å². The number of alkyl halides is 1. The molecule has 0 atom stereocenters. The summed E-state index contributed by atoms with van der Waals surface area (Å²) in [5.41, 5.74) is 0.204. The van der Waals surface area contributed by atoms with E-state index in [0.29, 0.717) is 10.9 Å². The third-order valence-electron chi connectivity index (χ3n) is 1.36. The number of rotatable bonds is 2. The summed E-state index contributed by atoms with van der Waals surface area (Å²) < 4.78 is 12.7. The lowest BCUT2D eigenvalue weighted by atomic mass is 10.2. The summed E-state index contributed by atoms with van der Waals surface area (Å²) in [5.74, 6) is -0.801. The van der Waals surface area contributed by atoms with Gasteiger partial charge >= 0.3 is 5.69 Å². The molecule has 1 aromatic carbocycles. The maximum atomic E-state index is 12.7. The van der Waals surface area contributed by atoms with Gasteiger partial charge in [0.25, 0.3) is 0 Å². The van der Waals surface area contributed by atoms with Crippen LogP contribution >= 0.6 is 15.9 Å². The van der Waals surface area contributed by atoms with Crippen molar-refractivity contribution >= 4 is 21.6 Å². The molecule has 0 aliphatic heterocycles. The van der Waals surface area contributed by atoms with Gasteiger partial charge in [-0.1, -0.05) is 35.8 Å². The van der Waals surface area contributed by atoms with Gasteiger partial charge in [-0.25, -0.2) is 0 Å². The maximum absolute atomic E-state index is 12.7. The number of hydrogen-bond donors (Lipinski definition) is 0. The topological polar surface area (TPSA) is 43.1 Å². The highest BCUT2D eigenvalue weighted by Gasteiger charge is 2.13. The van der Waals surface area contributed by atoms with E-state index in [1.54, 1.807) is 0 Å². The second kappa shape index (κ2) is 6.48. The molecule has 78 valence electrons. The summed E-state index contributed by atoms with van der Waals surface area (Å²) in [6, 6.07) is 3.80. The smallest absolute Gasteiger partial charge is 0.258 e. The van der Waals surface area contributed by atoms with Crippen LogP contribution in [0.1, 0.15) is 19.4 Å². The molecule has 0 aliphatic carbocycles. The lowest BCUT2D eigenvalue weighted by Crippen LogP contribution is -1.93. The summed E-state index contributed by atoms with van der Waals surface area (Å²) in [5, 5.41) is 10.7. The highest BCUT2D eigenvalue weighted by molar-refractivity contribution is 9.08. The fraction of sp³-hybridized carbons (Fsp3) is 0.333. The van der Waals surface area contributed by atoms with Crippen LogP contribution in [0.15, 0.2) is 18.2 Å². The van der Waals surface area contributed by atoms with Crippen LogP contribution in [0.4, 0.5) is 10.1 Å². The number of nitro benzene ring substituents is 1. The Morgan fingerprint density at radius 3 is 2.50 bits per heavy atom. The van der Waals surface area contributed by atoms with E-state index in [0.717, 1.165) is 6.07 Å². The first-order valence-electron chi connectivity index (χ1n) is 4.14. The van der Waals surface area contributed by atoms with Gasteiger partial charge in [0.05, 0.1) is 4.92 Å². The predicted octanol–water partition coefficient (Wildman–Crippen LogP) is 3.66. The highest BCUT2D eigenvalue weighted by atomic mass is 79.9. The third kappa shape index (κ3) is 3.41. The van der Waals surface area contributed by atoms with Crippen molar-refractivity contribution in [1.29, 1.82) is 0 Å². The van der Waals surface area contributed by atoms with E-state index in [-0.39, 0.29) is 0 Å². The SMILES string of the molecule is CC.O=[N+]([O-])c1cc(CBr)ccc1F. The number of hydrogen-bond acceptors (Lipinski definition) is 2. The van der Waals surface area contributed by atoms with Crippen LogP contribution in [-0.2, 0) is 5.33 Å². The van der Waals surface area contributed by atoms with Crippen LogP contribution in [0.3, 0.4) is 0 Å². The summed E-state index contributed by atoms with van der Waals surface area (Å²) in [6.45, 7) is 4.00. The van der Waals surface area contributed by atoms with Gasteiger partial charge in [0.1, 0.15) is 0 Å². The Hall–Kier alpha value is -0.970. The highest BCUT2D eigenvalue weighted by Crippen LogP contribution is 2.19. The second-order valence-electron chi connectivity index (χ2n) is 2.18. The minimum Gasteiger partial charge on any atom is -0.258 e. The molecule has 1 rings (SSSR count). The first kappa shape index (κ1) is 13.0. The molecule has 0 saturated heterocycles. The zero-order chi connectivity index (χ0) is 11.1. The first-order chi connectivity index (χ1) is 6.65. The fourth-order valence-electron chi connectivity index (χ4n) is 0.781. The van der Waals surface area contributed by atoms with Crippen molar-refractivity contribution in [2.75, 3.05) is 0 Å². The lowest BCUT2D eigenvalue weighted by molar-refractivity contribution is -0.387. The van der Waals surface area contributed by atoms with E-state index in [9.17, 15) is 14.5 Å². The van der Waals surface area contributed by atoms with Gasteiger partial charge < -0.3 is 0 Å². The Morgan fingerprint density at radius 1 is 1.50 bits per heavy atom. The van der Waals surface area contributed by atoms with E-state index in [2.05, 4.69) is 15.9 Å². The molecule has 0 heterocycles. The van der Waals surface area contributed by atoms with Gasteiger partial charge in [-0.2, -0.15) is 4.39 Å². The largest absolute Gasteiger partial charge is 0.305 e. The number of nitrogens with zero attached hydrogens (tertiary/aromatic N) is 1. The minimum absolute atomic E-state index is 0.480. The fourth-order valence-corrected chi connectivity index (χ4v) is 1.13. The summed E-state index contributed by atoms with van der Waals surface area (Å²) in [4.78, 5) is 9.51. The van der Waals surface area contributed by atoms with Crippen molar-refractivity contribution in [2.45, 2.75) is 19.2 Å². The van der Waals surface area contributed by atoms with Gasteiger partial charge in [-0.15, -0.1) is 0 Å². The molecule has 0 aromatic heterocycles. The molecule has 3 nitrogen and oxygen atoms in total. The van der Waals surface area contributed by atoms with Crippen molar-refractivity contribution < 1.29 is 9.31 Å². The van der Waals surface area contributed by atoms with Gasteiger partial charge in [0.2, 0.25) is 5.82 Å². The van der Waals surface area contributed by atoms with Crippen molar-refractivity contribution in [3.63, 3.8) is 0 Å². The normalized spacial score (nSPS) is 8.86. The minimum atomic E-state index is -0.801. The molecule has 0 unspecified atom stereocenters. The maximum Gasteiger partial charge on any atom is 0.305 e. The predicted molar refractivity (Wildman–Crippen MR) is 57.0 cm³/mol. The van der Waals surface area contributed by atoms with E-state index < -0.39 is 16.4 Å². The molecule has 5 heteroatoms. The number of nitro groups is 1. The van der Waals surface area contributed by atoms with Crippen LogP contribution in [0.5, 0.6) is 0 Å². The van der Waals surface area contributed by atoms with Gasteiger partial charge in [0, 0.05) is 11.4 Å². The molecule has 0 bridgehead atoms. The molecule has 1 aromatic rings. The van der Waals surface area contributed by atoms with Gasteiger partial charge in [-0.05, 0) is 11.6 Å². The number of benzene rings is 1. The van der Waals surface area contributed by atoms with Crippen LogP contribution in [0.2, 0.25) is 0 Å². The van der Waals surface area contributed by atoms with Gasteiger partial charge in [-0.3, -0.25) is 10.1 Å². The summed E-state index contributed by atoms with van der Waals surface area (Å²) in [7, 11) is 0. The van der Waals surface area contributed by atoms with Crippen LogP contribution in [-0.4, -0.2) is 4.92 Å². The summed E-state index contributed by atoms with van der Waals surface area (Å²) in [6.07, 6.45) is 0. The average Bonchev–Trinajstić information content (AvgIpc) is 2.21. The lowest BCUT2D eigenvalue weighted by Gasteiger charge is -1.96. The van der Waals surface area contributed by atoms with Crippen molar-refractivity contribution in [1.82, 2.24) is 0 Å². The Kier molecular flexibility index (Phi) is 6.03. The monoisotopic (exact) mass is 263 g/mol. The van der Waals surface area contributed by atoms with E-state index in [4.69, 9.17) is 0 Å². The van der Waals surface area contributed by atoms with E-state index >= 15 is 0 Å². The van der Waals surface area contributed by atoms with Crippen LogP contribution in [0, 0.1) is 15.9 Å². The molecule has 0 fully saturated rings. The Balaban J connectivity index is 0.000000791. The Labute approximate surface area is 90.2 Å². The van der Waals surface area contributed by atoms with E-state index in [1.165, 1.54) is 12.1 Å². The molecule has 0 aliphatic rings.